The molecule has 5 nitrogen and oxygen atoms in total. The van der Waals surface area contributed by atoms with Crippen LogP contribution < -0.4 is 5.73 Å². The van der Waals surface area contributed by atoms with Crippen LogP contribution in [0, 0.1) is 0 Å². The molecule has 2 rings (SSSR count). The van der Waals surface area contributed by atoms with Gasteiger partial charge in [0.25, 0.3) is 0 Å². The maximum Gasteiger partial charge on any atom is 0.350 e. The fraction of sp³-hybridized carbons (Fsp3) is 0.154. The Bertz CT molecular complexity index is 766. The number of anilines is 1. The van der Waals surface area contributed by atoms with E-state index in [9.17, 15) is 13.2 Å². The van der Waals surface area contributed by atoms with E-state index in [4.69, 9.17) is 22.1 Å². The third-order valence-electron chi connectivity index (χ3n) is 2.67. The smallest absolute Gasteiger partial charge is 0.350 e. The summed E-state index contributed by atoms with van der Waals surface area (Å²) in [6, 6.07) is 5.73. The second-order valence-corrected chi connectivity index (χ2v) is 7.25. The van der Waals surface area contributed by atoms with Gasteiger partial charge in [-0.05, 0) is 31.2 Å². The first-order chi connectivity index (χ1) is 9.87. The summed E-state index contributed by atoms with van der Waals surface area (Å²) in [5.74, 6) is -0.627. The van der Waals surface area contributed by atoms with E-state index < -0.39 is 15.8 Å². The molecule has 21 heavy (non-hydrogen) atoms. The van der Waals surface area contributed by atoms with Gasteiger partial charge in [-0.25, -0.2) is 13.2 Å². The van der Waals surface area contributed by atoms with Gasteiger partial charge in [0, 0.05) is 10.4 Å². The van der Waals surface area contributed by atoms with E-state index in [1.807, 2.05) is 0 Å². The molecule has 2 aromatic rings. The molecule has 112 valence electrons. The van der Waals surface area contributed by atoms with E-state index in [0.717, 1.165) is 11.3 Å². The Balaban J connectivity index is 2.47. The molecule has 0 atom stereocenters. The van der Waals surface area contributed by atoms with Crippen LogP contribution in [0.15, 0.2) is 39.4 Å². The lowest BCUT2D eigenvalue weighted by molar-refractivity contribution is 0.0533. The molecule has 1 aromatic heterocycles. The third kappa shape index (κ3) is 3.04. The van der Waals surface area contributed by atoms with Crippen molar-refractivity contribution in [2.75, 3.05) is 12.3 Å². The third-order valence-corrected chi connectivity index (χ3v) is 5.85. The number of nitrogen functional groups attached to an aromatic ring is 1. The van der Waals surface area contributed by atoms with Crippen molar-refractivity contribution in [1.29, 1.82) is 0 Å². The number of thiophene rings is 1. The van der Waals surface area contributed by atoms with Crippen LogP contribution in [0.5, 0.6) is 0 Å². The van der Waals surface area contributed by atoms with Gasteiger partial charge in [-0.1, -0.05) is 11.6 Å². The van der Waals surface area contributed by atoms with Crippen LogP contribution in [0.4, 0.5) is 5.69 Å². The molecule has 1 heterocycles. The topological polar surface area (TPSA) is 86.5 Å². The van der Waals surface area contributed by atoms with Gasteiger partial charge in [-0.3, -0.25) is 0 Å². The van der Waals surface area contributed by atoms with Crippen molar-refractivity contribution in [3.05, 3.63) is 39.5 Å². The average Bonchev–Trinajstić information content (AvgIpc) is 2.82. The maximum absolute atomic E-state index is 12.5. The number of halogens is 1. The Morgan fingerprint density at radius 1 is 1.33 bits per heavy atom. The van der Waals surface area contributed by atoms with Gasteiger partial charge >= 0.3 is 5.97 Å². The zero-order valence-electron chi connectivity index (χ0n) is 11.0. The molecule has 0 unspecified atom stereocenters. The quantitative estimate of drug-likeness (QED) is 0.861. The van der Waals surface area contributed by atoms with Crippen molar-refractivity contribution < 1.29 is 17.9 Å². The predicted octanol–water partition coefficient (Wildman–Crippen LogP) is 2.99. The fourth-order valence-electron chi connectivity index (χ4n) is 1.65. The highest BCUT2D eigenvalue weighted by Crippen LogP contribution is 2.34. The molecule has 0 radical (unpaired) electrons. The van der Waals surface area contributed by atoms with Gasteiger partial charge in [0.1, 0.15) is 9.77 Å². The van der Waals surface area contributed by atoms with E-state index in [1.54, 1.807) is 6.92 Å². The summed E-state index contributed by atoms with van der Waals surface area (Å²) < 4.78 is 29.8. The van der Waals surface area contributed by atoms with Gasteiger partial charge < -0.3 is 10.5 Å². The monoisotopic (exact) mass is 345 g/mol. The minimum atomic E-state index is -3.80. The summed E-state index contributed by atoms with van der Waals surface area (Å²) in [6.45, 7) is 1.85. The van der Waals surface area contributed by atoms with Crippen molar-refractivity contribution in [3.8, 4) is 0 Å². The molecule has 0 fully saturated rings. The number of carbonyl (C=O) groups excluding carboxylic acids is 1. The number of hydrogen-bond acceptors (Lipinski definition) is 6. The first-order valence-electron chi connectivity index (χ1n) is 5.92. The molecule has 1 aromatic carbocycles. The lowest BCUT2D eigenvalue weighted by Gasteiger charge is -2.05. The number of carbonyl (C=O) groups is 1. The molecule has 0 aliphatic carbocycles. The van der Waals surface area contributed by atoms with Crippen molar-refractivity contribution in [1.82, 2.24) is 0 Å². The highest BCUT2D eigenvalue weighted by molar-refractivity contribution is 7.91. The molecule has 0 spiro atoms. The molecule has 0 aliphatic rings. The summed E-state index contributed by atoms with van der Waals surface area (Å²) in [7, 11) is -3.80. The summed E-state index contributed by atoms with van der Waals surface area (Å²) in [4.78, 5) is 11.7. The molecule has 8 heteroatoms. The van der Waals surface area contributed by atoms with Gasteiger partial charge in [0.05, 0.1) is 17.2 Å². The van der Waals surface area contributed by atoms with Gasteiger partial charge in [-0.2, -0.15) is 0 Å². The molecule has 0 amide bonds. The van der Waals surface area contributed by atoms with Crippen LogP contribution >= 0.6 is 22.9 Å². The lowest BCUT2D eigenvalue weighted by Crippen LogP contribution is -2.08. The summed E-state index contributed by atoms with van der Waals surface area (Å²) >= 11 is 6.68. The van der Waals surface area contributed by atoms with E-state index in [0.29, 0.717) is 5.02 Å². The normalized spacial score (nSPS) is 11.3. The van der Waals surface area contributed by atoms with Crippen molar-refractivity contribution in [2.45, 2.75) is 16.7 Å². The van der Waals surface area contributed by atoms with Crippen LogP contribution in [0.1, 0.15) is 16.6 Å². The van der Waals surface area contributed by atoms with E-state index in [1.165, 1.54) is 29.6 Å². The van der Waals surface area contributed by atoms with Crippen LogP contribution in [-0.2, 0) is 14.6 Å². The second kappa shape index (κ2) is 6.05. The van der Waals surface area contributed by atoms with Gasteiger partial charge in [0.2, 0.25) is 9.84 Å². The SMILES string of the molecule is CCOC(=O)c1scc(S(=O)(=O)c2ccc(Cl)cc2)c1N. The summed E-state index contributed by atoms with van der Waals surface area (Å²) in [5, 5.41) is 1.77. The molecule has 0 aliphatic heterocycles. The Kier molecular flexibility index (Phi) is 4.55. The Morgan fingerprint density at radius 2 is 1.95 bits per heavy atom. The van der Waals surface area contributed by atoms with Crippen LogP contribution in [0.3, 0.4) is 0 Å². The Morgan fingerprint density at radius 3 is 2.52 bits per heavy atom. The van der Waals surface area contributed by atoms with Crippen LogP contribution in [0.2, 0.25) is 5.02 Å². The summed E-state index contributed by atoms with van der Waals surface area (Å²) in [6.07, 6.45) is 0. The number of hydrogen-bond donors (Lipinski definition) is 1. The second-order valence-electron chi connectivity index (χ2n) is 4.02. The lowest BCUT2D eigenvalue weighted by atomic mass is 10.4. The minimum Gasteiger partial charge on any atom is -0.462 e. The molecular formula is C13H12ClNO4S2. The number of sulfone groups is 1. The first kappa shape index (κ1) is 15.8. The van der Waals surface area contributed by atoms with Crippen molar-refractivity contribution >= 4 is 44.4 Å². The van der Waals surface area contributed by atoms with E-state index >= 15 is 0 Å². The first-order valence-corrected chi connectivity index (χ1v) is 8.66. The number of ether oxygens (including phenoxy) is 1. The Labute approximate surface area is 131 Å². The zero-order chi connectivity index (χ0) is 15.6. The largest absolute Gasteiger partial charge is 0.462 e. The molecular weight excluding hydrogens is 334 g/mol. The molecule has 0 saturated carbocycles. The van der Waals surface area contributed by atoms with Gasteiger partial charge in [0.15, 0.2) is 0 Å². The predicted molar refractivity (Wildman–Crippen MR) is 81.6 cm³/mol. The standard InChI is InChI=1S/C13H12ClNO4S2/c1-2-19-13(16)12-11(15)10(7-20-12)21(17,18)9-5-3-8(14)4-6-9/h3-7H,2,15H2,1H3. The van der Waals surface area contributed by atoms with E-state index in [-0.39, 0.29) is 27.0 Å². The van der Waals surface area contributed by atoms with Crippen LogP contribution in [-0.4, -0.2) is 21.0 Å². The minimum absolute atomic E-state index is 0.0619. The Hall–Kier alpha value is -1.57. The molecule has 0 bridgehead atoms. The zero-order valence-corrected chi connectivity index (χ0v) is 13.4. The van der Waals surface area contributed by atoms with Gasteiger partial charge in [-0.15, -0.1) is 11.3 Å². The van der Waals surface area contributed by atoms with Crippen LogP contribution in [0.25, 0.3) is 0 Å². The molecule has 2 N–H and O–H groups in total. The van der Waals surface area contributed by atoms with Crippen molar-refractivity contribution in [3.63, 3.8) is 0 Å². The summed E-state index contributed by atoms with van der Waals surface area (Å²) in [5.41, 5.74) is 5.70. The number of nitrogens with two attached hydrogens (primary N) is 1. The number of rotatable bonds is 4. The highest BCUT2D eigenvalue weighted by atomic mass is 35.5. The molecule has 0 saturated heterocycles. The number of esters is 1. The van der Waals surface area contributed by atoms with Crippen molar-refractivity contribution in [2.24, 2.45) is 0 Å². The van der Waals surface area contributed by atoms with E-state index in [2.05, 4.69) is 0 Å². The number of benzene rings is 1. The highest BCUT2D eigenvalue weighted by Gasteiger charge is 2.26. The maximum atomic E-state index is 12.5. The average molecular weight is 346 g/mol. The fourth-order valence-corrected chi connectivity index (χ4v) is 4.38.